The number of fused-ring (bicyclic) bond motifs is 4. The molecule has 0 aromatic carbocycles. The van der Waals surface area contributed by atoms with Gasteiger partial charge in [-0.15, -0.1) is 0 Å². The number of aliphatic imine (C=N–C) groups is 1. The number of amidine groups is 1. The maximum Gasteiger partial charge on any atom is 0.293 e. The van der Waals surface area contributed by atoms with E-state index in [-0.39, 0.29) is 11.9 Å². The van der Waals surface area contributed by atoms with Gasteiger partial charge in [0.2, 0.25) is 0 Å². The van der Waals surface area contributed by atoms with Crippen molar-refractivity contribution in [1.29, 1.82) is 10.5 Å². The Balaban J connectivity index is 1.75. The molecule has 2 heterocycles. The van der Waals surface area contributed by atoms with Gasteiger partial charge in [0.15, 0.2) is 5.41 Å². The summed E-state index contributed by atoms with van der Waals surface area (Å²) in [7, 11) is 0. The molecule has 0 radical (unpaired) electrons. The van der Waals surface area contributed by atoms with Gasteiger partial charge in [0, 0.05) is 5.41 Å². The smallest absolute Gasteiger partial charge is 0.293 e. The van der Waals surface area contributed by atoms with Crippen molar-refractivity contribution in [2.75, 3.05) is 6.61 Å². The Hall–Kier alpha value is -1.63. The summed E-state index contributed by atoms with van der Waals surface area (Å²) >= 11 is 0. The molecule has 2 saturated carbocycles. The third-order valence-electron chi connectivity index (χ3n) is 7.48. The molecule has 4 aliphatic rings. The molecule has 2 spiro atoms. The first-order chi connectivity index (χ1) is 13.1. The number of ether oxygens (including phenoxy) is 2. The van der Waals surface area contributed by atoms with Crippen LogP contribution in [-0.4, -0.2) is 24.5 Å². The van der Waals surface area contributed by atoms with E-state index in [1.54, 1.807) is 0 Å². The second-order valence-electron chi connectivity index (χ2n) is 8.81. The summed E-state index contributed by atoms with van der Waals surface area (Å²) in [6.07, 6.45) is 12.0. The van der Waals surface area contributed by atoms with E-state index in [4.69, 9.17) is 15.2 Å². The second kappa shape index (κ2) is 6.47. The molecule has 2 aliphatic heterocycles. The minimum Gasteiger partial charge on any atom is -0.386 e. The van der Waals surface area contributed by atoms with Crippen LogP contribution in [0.2, 0.25) is 0 Å². The van der Waals surface area contributed by atoms with Crippen molar-refractivity contribution in [1.82, 2.24) is 0 Å². The van der Waals surface area contributed by atoms with Crippen molar-refractivity contribution >= 4 is 5.84 Å². The summed E-state index contributed by atoms with van der Waals surface area (Å²) < 4.78 is 12.1. The Labute approximate surface area is 161 Å². The Morgan fingerprint density at radius 3 is 1.96 bits per heavy atom. The predicted molar refractivity (Wildman–Crippen MR) is 100 cm³/mol. The van der Waals surface area contributed by atoms with Gasteiger partial charge in [-0.2, -0.15) is 10.5 Å². The molecule has 6 nitrogen and oxygen atoms in total. The number of nitrogens with zero attached hydrogens (tertiary/aromatic N) is 3. The van der Waals surface area contributed by atoms with E-state index in [1.807, 2.05) is 6.92 Å². The van der Waals surface area contributed by atoms with E-state index < -0.39 is 22.2 Å². The number of rotatable bonds is 0. The van der Waals surface area contributed by atoms with Gasteiger partial charge >= 0.3 is 0 Å². The van der Waals surface area contributed by atoms with Gasteiger partial charge in [-0.1, -0.05) is 57.8 Å². The van der Waals surface area contributed by atoms with E-state index in [2.05, 4.69) is 17.1 Å². The molecule has 0 amide bonds. The maximum atomic E-state index is 10.4. The van der Waals surface area contributed by atoms with E-state index in [9.17, 15) is 10.5 Å². The topological polar surface area (TPSA) is 104 Å². The van der Waals surface area contributed by atoms with Crippen molar-refractivity contribution < 1.29 is 9.47 Å². The lowest BCUT2D eigenvalue weighted by molar-refractivity contribution is -0.201. The number of hydrogen-bond acceptors (Lipinski definition) is 6. The average Bonchev–Trinajstić information content (AvgIpc) is 2.81. The predicted octanol–water partition coefficient (Wildman–Crippen LogP) is 3.77. The van der Waals surface area contributed by atoms with Gasteiger partial charge in [-0.25, -0.2) is 4.99 Å². The highest BCUT2D eigenvalue weighted by molar-refractivity contribution is 6.00. The lowest BCUT2D eigenvalue weighted by atomic mass is 9.80. The minimum atomic E-state index is -1.40. The molecule has 3 fully saturated rings. The van der Waals surface area contributed by atoms with Crippen LogP contribution in [0.25, 0.3) is 0 Å². The van der Waals surface area contributed by atoms with Crippen molar-refractivity contribution in [2.45, 2.75) is 89.6 Å². The van der Waals surface area contributed by atoms with Gasteiger partial charge in [0.25, 0.3) is 5.91 Å². The average molecular weight is 370 g/mol. The van der Waals surface area contributed by atoms with E-state index in [0.29, 0.717) is 6.61 Å². The fourth-order valence-electron chi connectivity index (χ4n) is 6.30. The Morgan fingerprint density at radius 2 is 1.52 bits per heavy atom. The molecule has 0 unspecified atom stereocenters. The third-order valence-corrected chi connectivity index (χ3v) is 7.48. The van der Waals surface area contributed by atoms with Gasteiger partial charge < -0.3 is 15.2 Å². The molecule has 0 aromatic heterocycles. The van der Waals surface area contributed by atoms with Crippen molar-refractivity contribution in [3.05, 3.63) is 0 Å². The molecule has 1 saturated heterocycles. The molecule has 0 aromatic rings. The molecule has 0 bridgehead atoms. The summed E-state index contributed by atoms with van der Waals surface area (Å²) in [6.45, 7) is 2.28. The minimum absolute atomic E-state index is 0.162. The van der Waals surface area contributed by atoms with Gasteiger partial charge in [-0.3, -0.25) is 0 Å². The molecule has 27 heavy (non-hydrogen) atoms. The first kappa shape index (κ1) is 18.7. The van der Waals surface area contributed by atoms with Crippen LogP contribution in [0.3, 0.4) is 0 Å². The fraction of sp³-hybridized carbons (Fsp3) is 0.857. The Kier molecular flexibility index (Phi) is 4.48. The fourth-order valence-corrected chi connectivity index (χ4v) is 6.30. The zero-order valence-corrected chi connectivity index (χ0v) is 16.3. The zero-order chi connectivity index (χ0) is 19.2. The monoisotopic (exact) mass is 370 g/mol. The summed E-state index contributed by atoms with van der Waals surface area (Å²) in [4.78, 5) is 4.47. The van der Waals surface area contributed by atoms with Crippen molar-refractivity contribution in [3.63, 3.8) is 0 Å². The highest BCUT2D eigenvalue weighted by Crippen LogP contribution is 2.88. The largest absolute Gasteiger partial charge is 0.386 e. The molecule has 2 N–H and O–H groups in total. The summed E-state index contributed by atoms with van der Waals surface area (Å²) in [5, 5.41) is 20.7. The van der Waals surface area contributed by atoms with Crippen molar-refractivity contribution in [3.8, 4) is 12.1 Å². The van der Waals surface area contributed by atoms with Crippen LogP contribution < -0.4 is 5.73 Å². The van der Waals surface area contributed by atoms with Crippen LogP contribution in [-0.2, 0) is 9.47 Å². The Bertz CT molecular complexity index is 711. The molecule has 6 heteroatoms. The number of nitrogens with two attached hydrogens (primary N) is 1. The molecule has 2 aliphatic carbocycles. The Morgan fingerprint density at radius 1 is 0.963 bits per heavy atom. The first-order valence-corrected chi connectivity index (χ1v) is 10.6. The lowest BCUT2D eigenvalue weighted by Gasteiger charge is -2.32. The molecule has 4 rings (SSSR count). The van der Waals surface area contributed by atoms with Crippen molar-refractivity contribution in [2.24, 2.45) is 27.0 Å². The van der Waals surface area contributed by atoms with Crippen LogP contribution in [0.15, 0.2) is 4.99 Å². The van der Waals surface area contributed by atoms with E-state index in [1.165, 1.54) is 32.1 Å². The van der Waals surface area contributed by atoms with Gasteiger partial charge in [0.05, 0.1) is 24.8 Å². The molecule has 4 atom stereocenters. The summed E-state index contributed by atoms with van der Waals surface area (Å²) in [6, 6.07) is 4.95. The van der Waals surface area contributed by atoms with E-state index >= 15 is 0 Å². The highest BCUT2D eigenvalue weighted by Gasteiger charge is 3.00. The second-order valence-corrected chi connectivity index (χ2v) is 8.81. The van der Waals surface area contributed by atoms with Crippen LogP contribution in [0, 0.1) is 38.9 Å². The quantitative estimate of drug-likeness (QED) is 0.699. The van der Waals surface area contributed by atoms with Gasteiger partial charge in [0.1, 0.15) is 11.3 Å². The molecular formula is C21H30N4O2. The zero-order valence-electron chi connectivity index (χ0n) is 16.3. The molecular weight excluding hydrogens is 340 g/mol. The SMILES string of the molecule is C[C@@H]1CO[C@@]2(N=C(N)[C@@]3(C#N)C4(CCCCCCCCCCC4)[C@@]23C#N)O1. The van der Waals surface area contributed by atoms with Crippen LogP contribution >= 0.6 is 0 Å². The summed E-state index contributed by atoms with van der Waals surface area (Å²) in [5.41, 5.74) is 3.64. The number of hydrogen-bond donors (Lipinski definition) is 1. The molecule has 146 valence electrons. The standard InChI is InChI=1S/C21H30N4O2/c1-16-13-26-21(27-16)20(15-23)18(19(20,14-22)17(24)25-21)11-9-7-5-3-2-4-6-8-10-12-18/h16H,2-13H2,1H3,(H2,24,25)/t16-,19+,20-,21-/m1/s1. The normalized spacial score (nSPS) is 43.8. The third kappa shape index (κ3) is 2.09. The number of nitriles is 2. The lowest BCUT2D eigenvalue weighted by Crippen LogP contribution is -2.42. The highest BCUT2D eigenvalue weighted by atomic mass is 16.8. The van der Waals surface area contributed by atoms with Crippen LogP contribution in [0.4, 0.5) is 0 Å². The van der Waals surface area contributed by atoms with E-state index in [0.717, 1.165) is 38.5 Å². The van der Waals surface area contributed by atoms with Crippen LogP contribution in [0.5, 0.6) is 0 Å². The maximum absolute atomic E-state index is 10.4. The van der Waals surface area contributed by atoms with Gasteiger partial charge in [-0.05, 0) is 19.8 Å². The summed E-state index contributed by atoms with van der Waals surface area (Å²) in [5.74, 6) is -1.16. The first-order valence-electron chi connectivity index (χ1n) is 10.6. The van der Waals surface area contributed by atoms with Crippen LogP contribution in [0.1, 0.15) is 77.6 Å².